The molecule has 0 atom stereocenters. The zero-order valence-corrected chi connectivity index (χ0v) is 14.9. The van der Waals surface area contributed by atoms with Crippen molar-refractivity contribution in [1.29, 1.82) is 0 Å². The van der Waals surface area contributed by atoms with Gasteiger partial charge in [-0.15, -0.1) is 0 Å². The molecule has 3 rings (SSSR count). The normalized spacial score (nSPS) is 15.1. The Labute approximate surface area is 148 Å². The fraction of sp³-hybridized carbons (Fsp3) is 0.389. The lowest BCUT2D eigenvalue weighted by Gasteiger charge is -2.32. The molecular formula is C18H24N6O. The van der Waals surface area contributed by atoms with E-state index in [9.17, 15) is 4.79 Å². The summed E-state index contributed by atoms with van der Waals surface area (Å²) < 4.78 is 0. The summed E-state index contributed by atoms with van der Waals surface area (Å²) in [6, 6.07) is 7.46. The third-order valence-electron chi connectivity index (χ3n) is 4.33. The molecule has 1 amide bonds. The number of carbonyl (C=O) groups excluding carboxylic acids is 1. The first-order chi connectivity index (χ1) is 12.0. The van der Waals surface area contributed by atoms with Crippen molar-refractivity contribution in [2.24, 2.45) is 0 Å². The third kappa shape index (κ3) is 4.24. The molecule has 2 aromatic rings. The summed E-state index contributed by atoms with van der Waals surface area (Å²) in [6.45, 7) is 3.84. The minimum atomic E-state index is -0.166. The average molecular weight is 340 g/mol. The Bertz CT molecular complexity index is 705. The average Bonchev–Trinajstić information content (AvgIpc) is 2.63. The molecule has 1 N–H and O–H groups in total. The number of anilines is 3. The molecule has 2 heterocycles. The number of nitrogens with one attached hydrogen (secondary N) is 1. The van der Waals surface area contributed by atoms with Crippen LogP contribution in [0.3, 0.4) is 0 Å². The molecule has 1 aliphatic rings. The molecule has 0 unspecified atom stereocenters. The van der Waals surface area contributed by atoms with Gasteiger partial charge >= 0.3 is 0 Å². The van der Waals surface area contributed by atoms with E-state index in [0.29, 0.717) is 17.2 Å². The summed E-state index contributed by atoms with van der Waals surface area (Å²) in [5.74, 6) is 0.544. The number of benzene rings is 1. The maximum Gasteiger partial charge on any atom is 0.255 e. The maximum atomic E-state index is 12.3. The number of amides is 1. The Kier molecular flexibility index (Phi) is 5.14. The highest BCUT2D eigenvalue weighted by atomic mass is 16.1. The van der Waals surface area contributed by atoms with Crippen molar-refractivity contribution in [3.63, 3.8) is 0 Å². The number of aromatic nitrogens is 2. The van der Waals surface area contributed by atoms with Gasteiger partial charge in [0.25, 0.3) is 5.91 Å². The molecule has 132 valence electrons. The molecule has 1 aliphatic heterocycles. The first-order valence-corrected chi connectivity index (χ1v) is 8.37. The van der Waals surface area contributed by atoms with E-state index in [-0.39, 0.29) is 5.91 Å². The fourth-order valence-corrected chi connectivity index (χ4v) is 2.67. The van der Waals surface area contributed by atoms with E-state index in [4.69, 9.17) is 0 Å². The van der Waals surface area contributed by atoms with Crippen molar-refractivity contribution in [1.82, 2.24) is 14.9 Å². The largest absolute Gasteiger partial charge is 0.378 e. The van der Waals surface area contributed by atoms with Crippen LogP contribution in [-0.2, 0) is 0 Å². The van der Waals surface area contributed by atoms with Crippen LogP contribution >= 0.6 is 0 Å². The quantitative estimate of drug-likeness (QED) is 0.911. The zero-order chi connectivity index (χ0) is 17.8. The molecule has 1 saturated heterocycles. The summed E-state index contributed by atoms with van der Waals surface area (Å²) in [4.78, 5) is 27.5. The van der Waals surface area contributed by atoms with E-state index in [2.05, 4.69) is 32.1 Å². The molecule has 7 heteroatoms. The van der Waals surface area contributed by atoms with Gasteiger partial charge in [0.1, 0.15) is 0 Å². The van der Waals surface area contributed by atoms with Crippen molar-refractivity contribution in [2.45, 2.75) is 0 Å². The van der Waals surface area contributed by atoms with Gasteiger partial charge < -0.3 is 20.0 Å². The van der Waals surface area contributed by atoms with Gasteiger partial charge in [0, 0.05) is 51.5 Å². The van der Waals surface area contributed by atoms with Crippen LogP contribution in [0, 0.1) is 0 Å². The van der Waals surface area contributed by atoms with Crippen molar-refractivity contribution in [3.8, 4) is 0 Å². The highest BCUT2D eigenvalue weighted by Gasteiger charge is 2.16. The van der Waals surface area contributed by atoms with Gasteiger partial charge in [0.2, 0.25) is 5.95 Å². The molecule has 1 aromatic carbocycles. The summed E-state index contributed by atoms with van der Waals surface area (Å²) in [5, 5.41) is 2.84. The van der Waals surface area contributed by atoms with Crippen LogP contribution in [0.15, 0.2) is 36.7 Å². The molecule has 0 bridgehead atoms. The first kappa shape index (κ1) is 17.2. The van der Waals surface area contributed by atoms with Gasteiger partial charge in [0.05, 0.1) is 18.1 Å². The van der Waals surface area contributed by atoms with Gasteiger partial charge in [-0.25, -0.2) is 9.97 Å². The number of piperazine rings is 1. The molecule has 25 heavy (non-hydrogen) atoms. The third-order valence-corrected chi connectivity index (χ3v) is 4.33. The van der Waals surface area contributed by atoms with Crippen LogP contribution < -0.4 is 15.1 Å². The smallest absolute Gasteiger partial charge is 0.255 e. The number of hydrogen-bond acceptors (Lipinski definition) is 6. The monoisotopic (exact) mass is 340 g/mol. The minimum absolute atomic E-state index is 0.166. The lowest BCUT2D eigenvalue weighted by molar-refractivity contribution is 0.102. The van der Waals surface area contributed by atoms with Crippen LogP contribution in [0.1, 0.15) is 10.4 Å². The second-order valence-electron chi connectivity index (χ2n) is 6.46. The number of likely N-dealkylation sites (N-methyl/N-ethyl adjacent to an activating group) is 1. The van der Waals surface area contributed by atoms with E-state index in [1.165, 1.54) is 0 Å². The molecule has 7 nitrogen and oxygen atoms in total. The first-order valence-electron chi connectivity index (χ1n) is 8.37. The zero-order valence-electron chi connectivity index (χ0n) is 14.9. The Hall–Kier alpha value is -2.67. The van der Waals surface area contributed by atoms with Gasteiger partial charge in [-0.05, 0) is 31.3 Å². The second kappa shape index (κ2) is 7.48. The number of rotatable bonds is 4. The standard InChI is InChI=1S/C18H24N6O/c1-22(2)16-6-4-14(5-7-16)17(25)21-15-12-19-18(20-13-15)24-10-8-23(3)9-11-24/h4-7,12-13H,8-11H2,1-3H3,(H,21,25). The second-order valence-corrected chi connectivity index (χ2v) is 6.46. The van der Waals surface area contributed by atoms with Crippen LogP contribution in [-0.4, -0.2) is 68.1 Å². The van der Waals surface area contributed by atoms with Crippen LogP contribution in [0.4, 0.5) is 17.3 Å². The van der Waals surface area contributed by atoms with Gasteiger partial charge in [-0.1, -0.05) is 0 Å². The summed E-state index contributed by atoms with van der Waals surface area (Å²) in [5.41, 5.74) is 2.25. The van der Waals surface area contributed by atoms with Crippen molar-refractivity contribution < 1.29 is 4.79 Å². The Balaban J connectivity index is 1.61. The van der Waals surface area contributed by atoms with Gasteiger partial charge in [0.15, 0.2) is 0 Å². The van der Waals surface area contributed by atoms with E-state index >= 15 is 0 Å². The van der Waals surface area contributed by atoms with E-state index in [1.807, 2.05) is 43.3 Å². The molecular weight excluding hydrogens is 316 g/mol. The molecule has 1 fully saturated rings. The Morgan fingerprint density at radius 1 is 1.04 bits per heavy atom. The van der Waals surface area contributed by atoms with E-state index < -0.39 is 0 Å². The number of nitrogens with zero attached hydrogens (tertiary/aromatic N) is 5. The highest BCUT2D eigenvalue weighted by molar-refractivity contribution is 6.04. The summed E-state index contributed by atoms with van der Waals surface area (Å²) in [7, 11) is 6.05. The minimum Gasteiger partial charge on any atom is -0.378 e. The number of carbonyl (C=O) groups is 1. The summed E-state index contributed by atoms with van der Waals surface area (Å²) >= 11 is 0. The van der Waals surface area contributed by atoms with Gasteiger partial charge in [-0.2, -0.15) is 0 Å². The molecule has 0 spiro atoms. The SMILES string of the molecule is CN1CCN(c2ncc(NC(=O)c3ccc(N(C)C)cc3)cn2)CC1. The lowest BCUT2D eigenvalue weighted by atomic mass is 10.2. The van der Waals surface area contributed by atoms with Crippen LogP contribution in [0.5, 0.6) is 0 Å². The van der Waals surface area contributed by atoms with Crippen LogP contribution in [0.25, 0.3) is 0 Å². The van der Waals surface area contributed by atoms with Crippen LogP contribution in [0.2, 0.25) is 0 Å². The van der Waals surface area contributed by atoms with E-state index in [0.717, 1.165) is 31.9 Å². The van der Waals surface area contributed by atoms with Crippen molar-refractivity contribution in [2.75, 3.05) is 62.4 Å². The fourth-order valence-electron chi connectivity index (χ4n) is 2.67. The topological polar surface area (TPSA) is 64.6 Å². The van der Waals surface area contributed by atoms with E-state index in [1.54, 1.807) is 12.4 Å². The maximum absolute atomic E-state index is 12.3. The molecule has 0 aliphatic carbocycles. The molecule has 1 aromatic heterocycles. The number of hydrogen-bond donors (Lipinski definition) is 1. The van der Waals surface area contributed by atoms with Gasteiger partial charge in [-0.3, -0.25) is 4.79 Å². The Morgan fingerprint density at radius 3 is 2.20 bits per heavy atom. The highest BCUT2D eigenvalue weighted by Crippen LogP contribution is 2.15. The van der Waals surface area contributed by atoms with Crippen molar-refractivity contribution in [3.05, 3.63) is 42.2 Å². The summed E-state index contributed by atoms with van der Waals surface area (Å²) in [6.07, 6.45) is 3.32. The lowest BCUT2D eigenvalue weighted by Crippen LogP contribution is -2.45. The molecule has 0 saturated carbocycles. The van der Waals surface area contributed by atoms with Crippen molar-refractivity contribution >= 4 is 23.2 Å². The molecule has 0 radical (unpaired) electrons. The predicted molar refractivity (Wildman–Crippen MR) is 100 cm³/mol. The predicted octanol–water partition coefficient (Wildman–Crippen LogP) is 1.55. The Morgan fingerprint density at radius 2 is 1.64 bits per heavy atom.